The van der Waals surface area contributed by atoms with Crippen LogP contribution in [-0.2, 0) is 13.1 Å². The summed E-state index contributed by atoms with van der Waals surface area (Å²) in [6.07, 6.45) is 4.98. The quantitative estimate of drug-likeness (QED) is 0.793. The van der Waals surface area contributed by atoms with Crippen LogP contribution in [0.5, 0.6) is 5.75 Å². The van der Waals surface area contributed by atoms with Crippen LogP contribution in [0.1, 0.15) is 30.2 Å². The summed E-state index contributed by atoms with van der Waals surface area (Å²) < 4.78 is 7.26. The molecule has 1 heterocycles. The minimum atomic E-state index is 0.552. The van der Waals surface area contributed by atoms with E-state index >= 15 is 0 Å². The number of hydrogen-bond donors (Lipinski definition) is 1. The first-order chi connectivity index (χ1) is 10.3. The minimum Gasteiger partial charge on any atom is -0.495 e. The highest BCUT2D eigenvalue weighted by Gasteiger charge is 2.05. The predicted molar refractivity (Wildman–Crippen MR) is 81.0 cm³/mol. The van der Waals surface area contributed by atoms with Crippen LogP contribution in [0.15, 0.2) is 30.7 Å². The van der Waals surface area contributed by atoms with Crippen LogP contribution in [0.2, 0.25) is 0 Å². The number of imidazole rings is 1. The lowest BCUT2D eigenvalue weighted by Crippen LogP contribution is -2.13. The molecule has 2 aromatic rings. The average molecular weight is 284 g/mol. The lowest BCUT2D eigenvalue weighted by molar-refractivity contribution is 0.413. The molecule has 0 amide bonds. The predicted octanol–water partition coefficient (Wildman–Crippen LogP) is 2.31. The first-order valence-electron chi connectivity index (χ1n) is 7.05. The maximum atomic E-state index is 8.98. The van der Waals surface area contributed by atoms with Gasteiger partial charge in [0, 0.05) is 19.3 Å². The molecule has 0 unspecified atom stereocenters. The van der Waals surface area contributed by atoms with E-state index < -0.39 is 0 Å². The Hall–Kier alpha value is -2.32. The lowest BCUT2D eigenvalue weighted by Gasteiger charge is -2.07. The second kappa shape index (κ2) is 7.46. The highest BCUT2D eigenvalue weighted by Crippen LogP contribution is 2.19. The zero-order chi connectivity index (χ0) is 15.1. The average Bonchev–Trinajstić information content (AvgIpc) is 2.95. The second-order valence-corrected chi connectivity index (χ2v) is 4.86. The number of hydrogen-bond acceptors (Lipinski definition) is 4. The third kappa shape index (κ3) is 4.07. The standard InChI is InChI=1S/C16H20N4O/c1-3-6-18-9-15-11-20(12-19-15)10-13-4-5-14(8-17)16(7-13)21-2/h4-5,7,11-12,18H,3,6,9-10H2,1-2H3. The van der Waals surface area contributed by atoms with E-state index in [0.29, 0.717) is 17.9 Å². The number of rotatable bonds is 7. The van der Waals surface area contributed by atoms with Crippen LogP contribution in [-0.4, -0.2) is 23.2 Å². The number of aromatic nitrogens is 2. The van der Waals surface area contributed by atoms with Crippen LogP contribution in [0.3, 0.4) is 0 Å². The molecule has 110 valence electrons. The maximum Gasteiger partial charge on any atom is 0.136 e. The van der Waals surface area contributed by atoms with Crippen molar-refractivity contribution in [2.45, 2.75) is 26.4 Å². The van der Waals surface area contributed by atoms with Gasteiger partial charge in [0.25, 0.3) is 0 Å². The van der Waals surface area contributed by atoms with Crippen LogP contribution in [0.4, 0.5) is 0 Å². The van der Waals surface area contributed by atoms with Crippen molar-refractivity contribution < 1.29 is 4.74 Å². The molecule has 1 aromatic carbocycles. The van der Waals surface area contributed by atoms with Gasteiger partial charge in [0.05, 0.1) is 24.7 Å². The molecule has 0 radical (unpaired) electrons. The molecule has 5 heteroatoms. The molecular formula is C16H20N4O. The monoisotopic (exact) mass is 284 g/mol. The Labute approximate surface area is 125 Å². The SMILES string of the molecule is CCCNCc1cn(Cc2ccc(C#N)c(OC)c2)cn1. The molecule has 0 aliphatic rings. The lowest BCUT2D eigenvalue weighted by atomic mass is 10.1. The summed E-state index contributed by atoms with van der Waals surface area (Å²) >= 11 is 0. The number of methoxy groups -OCH3 is 1. The molecule has 5 nitrogen and oxygen atoms in total. The van der Waals surface area contributed by atoms with Gasteiger partial charge in [-0.2, -0.15) is 5.26 Å². The molecule has 0 aliphatic heterocycles. The van der Waals surface area contributed by atoms with Gasteiger partial charge in [-0.15, -0.1) is 0 Å². The Morgan fingerprint density at radius 2 is 2.29 bits per heavy atom. The third-order valence-corrected chi connectivity index (χ3v) is 3.17. The fraction of sp³-hybridized carbons (Fsp3) is 0.375. The summed E-state index contributed by atoms with van der Waals surface area (Å²) in [5, 5.41) is 12.3. The van der Waals surface area contributed by atoms with E-state index in [1.54, 1.807) is 13.2 Å². The fourth-order valence-electron chi connectivity index (χ4n) is 2.11. The summed E-state index contributed by atoms with van der Waals surface area (Å²) in [5.74, 6) is 0.611. The Morgan fingerprint density at radius 1 is 1.43 bits per heavy atom. The molecule has 0 saturated carbocycles. The van der Waals surface area contributed by atoms with Gasteiger partial charge >= 0.3 is 0 Å². The van der Waals surface area contributed by atoms with E-state index in [-0.39, 0.29) is 0 Å². The number of nitriles is 1. The largest absolute Gasteiger partial charge is 0.495 e. The highest BCUT2D eigenvalue weighted by atomic mass is 16.5. The van der Waals surface area contributed by atoms with Gasteiger partial charge in [0.15, 0.2) is 0 Å². The molecule has 0 atom stereocenters. The number of benzene rings is 1. The Morgan fingerprint density at radius 3 is 3.00 bits per heavy atom. The number of nitrogens with zero attached hydrogens (tertiary/aromatic N) is 3. The van der Waals surface area contributed by atoms with Gasteiger partial charge in [-0.1, -0.05) is 13.0 Å². The topological polar surface area (TPSA) is 62.9 Å². The van der Waals surface area contributed by atoms with Crippen LogP contribution in [0, 0.1) is 11.3 Å². The highest BCUT2D eigenvalue weighted by molar-refractivity contribution is 5.45. The molecular weight excluding hydrogens is 264 g/mol. The second-order valence-electron chi connectivity index (χ2n) is 4.86. The van der Waals surface area contributed by atoms with Gasteiger partial charge in [-0.3, -0.25) is 0 Å². The van der Waals surface area contributed by atoms with Gasteiger partial charge in [-0.05, 0) is 30.7 Å². The molecule has 1 aromatic heterocycles. The Balaban J connectivity index is 2.03. The summed E-state index contributed by atoms with van der Waals surface area (Å²) in [6, 6.07) is 7.74. The molecule has 0 spiro atoms. The van der Waals surface area contributed by atoms with E-state index in [4.69, 9.17) is 10.00 Å². The normalized spacial score (nSPS) is 10.3. The number of nitrogens with one attached hydrogen (secondary N) is 1. The van der Waals surface area contributed by atoms with Crippen molar-refractivity contribution in [2.24, 2.45) is 0 Å². The molecule has 0 aliphatic carbocycles. The van der Waals surface area contributed by atoms with E-state index in [1.807, 2.05) is 29.2 Å². The molecule has 21 heavy (non-hydrogen) atoms. The van der Waals surface area contributed by atoms with Gasteiger partial charge in [0.1, 0.15) is 11.8 Å². The van der Waals surface area contributed by atoms with Gasteiger partial charge < -0.3 is 14.6 Å². The molecule has 1 N–H and O–H groups in total. The molecule has 0 bridgehead atoms. The number of ether oxygens (including phenoxy) is 1. The maximum absolute atomic E-state index is 8.98. The van der Waals surface area contributed by atoms with Crippen molar-refractivity contribution in [1.29, 1.82) is 5.26 Å². The smallest absolute Gasteiger partial charge is 0.136 e. The van der Waals surface area contributed by atoms with Crippen molar-refractivity contribution in [3.63, 3.8) is 0 Å². The molecule has 0 fully saturated rings. The van der Waals surface area contributed by atoms with Crippen LogP contribution < -0.4 is 10.1 Å². The summed E-state index contributed by atoms with van der Waals surface area (Å²) in [7, 11) is 1.58. The van der Waals surface area contributed by atoms with Crippen molar-refractivity contribution >= 4 is 0 Å². The first-order valence-corrected chi connectivity index (χ1v) is 7.05. The first kappa shape index (κ1) is 15.1. The summed E-state index contributed by atoms with van der Waals surface area (Å²) in [5.41, 5.74) is 2.66. The van der Waals surface area contributed by atoms with Gasteiger partial charge in [-0.25, -0.2) is 4.98 Å². The Bertz CT molecular complexity index is 627. The van der Waals surface area contributed by atoms with Crippen LogP contribution in [0.25, 0.3) is 0 Å². The summed E-state index contributed by atoms with van der Waals surface area (Å²) in [4.78, 5) is 4.38. The molecule has 0 saturated heterocycles. The van der Waals surface area contributed by atoms with Crippen molar-refractivity contribution in [3.05, 3.63) is 47.5 Å². The molecule has 2 rings (SSSR count). The fourth-order valence-corrected chi connectivity index (χ4v) is 2.11. The zero-order valence-corrected chi connectivity index (χ0v) is 12.5. The van der Waals surface area contributed by atoms with E-state index in [1.165, 1.54) is 0 Å². The summed E-state index contributed by atoms with van der Waals surface area (Å²) in [6.45, 7) is 4.64. The van der Waals surface area contributed by atoms with Crippen molar-refractivity contribution in [1.82, 2.24) is 14.9 Å². The van der Waals surface area contributed by atoms with Crippen molar-refractivity contribution in [2.75, 3.05) is 13.7 Å². The zero-order valence-electron chi connectivity index (χ0n) is 12.5. The van der Waals surface area contributed by atoms with Crippen molar-refractivity contribution in [3.8, 4) is 11.8 Å². The van der Waals surface area contributed by atoms with E-state index in [2.05, 4.69) is 23.3 Å². The van der Waals surface area contributed by atoms with E-state index in [9.17, 15) is 0 Å². The van der Waals surface area contributed by atoms with Crippen LogP contribution >= 0.6 is 0 Å². The Kier molecular flexibility index (Phi) is 5.35. The minimum absolute atomic E-state index is 0.552. The van der Waals surface area contributed by atoms with Gasteiger partial charge in [0.2, 0.25) is 0 Å². The third-order valence-electron chi connectivity index (χ3n) is 3.17. The van der Waals surface area contributed by atoms with E-state index in [0.717, 1.165) is 30.8 Å².